The Bertz CT molecular complexity index is 392. The zero-order chi connectivity index (χ0) is 12.5. The van der Waals surface area contributed by atoms with Gasteiger partial charge in [-0.15, -0.1) is 0 Å². The summed E-state index contributed by atoms with van der Waals surface area (Å²) in [5.41, 5.74) is 1.61. The van der Waals surface area contributed by atoms with Gasteiger partial charge < -0.3 is 10.6 Å². The van der Waals surface area contributed by atoms with E-state index in [1.807, 2.05) is 12.1 Å². The van der Waals surface area contributed by atoms with E-state index in [4.69, 9.17) is 5.26 Å². The van der Waals surface area contributed by atoms with Crippen LogP contribution in [0.25, 0.3) is 0 Å². The number of urea groups is 1. The van der Waals surface area contributed by atoms with E-state index < -0.39 is 0 Å². The Labute approximate surface area is 102 Å². The van der Waals surface area contributed by atoms with Crippen molar-refractivity contribution in [2.45, 2.75) is 26.3 Å². The number of unbranched alkanes of at least 4 members (excludes halogenated alkanes) is 1. The predicted octanol–water partition coefficient (Wildman–Crippen LogP) is 2.16. The van der Waals surface area contributed by atoms with Gasteiger partial charge in [0.2, 0.25) is 0 Å². The van der Waals surface area contributed by atoms with Gasteiger partial charge in [0.05, 0.1) is 11.6 Å². The molecule has 0 spiro atoms. The summed E-state index contributed by atoms with van der Waals surface area (Å²) in [5.74, 6) is 0. The molecule has 0 saturated carbocycles. The van der Waals surface area contributed by atoms with Gasteiger partial charge in [-0.25, -0.2) is 4.79 Å². The lowest BCUT2D eigenvalue weighted by Crippen LogP contribution is -2.35. The van der Waals surface area contributed by atoms with E-state index in [0.29, 0.717) is 18.7 Å². The molecule has 90 valence electrons. The number of hydrogen-bond acceptors (Lipinski definition) is 2. The van der Waals surface area contributed by atoms with Crippen molar-refractivity contribution in [3.63, 3.8) is 0 Å². The van der Waals surface area contributed by atoms with Crippen molar-refractivity contribution >= 4 is 6.03 Å². The van der Waals surface area contributed by atoms with E-state index >= 15 is 0 Å². The largest absolute Gasteiger partial charge is 0.338 e. The highest BCUT2D eigenvalue weighted by Gasteiger charge is 1.99. The van der Waals surface area contributed by atoms with Gasteiger partial charge >= 0.3 is 6.03 Å². The SMILES string of the molecule is CCCCNC(=O)NCc1ccc(C#N)cc1. The number of carbonyl (C=O) groups is 1. The van der Waals surface area contributed by atoms with Crippen LogP contribution in [0.3, 0.4) is 0 Å². The molecule has 0 radical (unpaired) electrons. The fourth-order valence-corrected chi connectivity index (χ4v) is 1.32. The van der Waals surface area contributed by atoms with Crippen LogP contribution in [-0.2, 0) is 6.54 Å². The second-order valence-corrected chi connectivity index (χ2v) is 3.77. The summed E-state index contributed by atoms with van der Waals surface area (Å²) in [4.78, 5) is 11.3. The molecule has 0 bridgehead atoms. The molecule has 17 heavy (non-hydrogen) atoms. The maximum atomic E-state index is 11.3. The number of carbonyl (C=O) groups excluding carboxylic acids is 1. The lowest BCUT2D eigenvalue weighted by atomic mass is 10.1. The summed E-state index contributed by atoms with van der Waals surface area (Å²) < 4.78 is 0. The summed E-state index contributed by atoms with van der Waals surface area (Å²) in [6.45, 7) is 3.26. The highest BCUT2D eigenvalue weighted by molar-refractivity contribution is 5.73. The number of nitrogens with zero attached hydrogens (tertiary/aromatic N) is 1. The highest BCUT2D eigenvalue weighted by Crippen LogP contribution is 2.02. The molecule has 1 aromatic rings. The van der Waals surface area contributed by atoms with Crippen molar-refractivity contribution in [1.82, 2.24) is 10.6 Å². The number of benzene rings is 1. The Balaban J connectivity index is 2.30. The van der Waals surface area contributed by atoms with Crippen LogP contribution in [0.2, 0.25) is 0 Å². The van der Waals surface area contributed by atoms with E-state index in [-0.39, 0.29) is 6.03 Å². The quantitative estimate of drug-likeness (QED) is 0.763. The molecule has 4 nitrogen and oxygen atoms in total. The molecule has 0 aliphatic carbocycles. The summed E-state index contributed by atoms with van der Waals surface area (Å²) in [7, 11) is 0. The van der Waals surface area contributed by atoms with Crippen LogP contribution in [0.1, 0.15) is 30.9 Å². The predicted molar refractivity (Wildman–Crippen MR) is 66.3 cm³/mol. The first kappa shape index (κ1) is 13.0. The molecule has 0 heterocycles. The molecule has 2 amide bonds. The van der Waals surface area contributed by atoms with Crippen LogP contribution in [0.15, 0.2) is 24.3 Å². The van der Waals surface area contributed by atoms with Gasteiger partial charge in [-0.1, -0.05) is 25.5 Å². The van der Waals surface area contributed by atoms with E-state index in [9.17, 15) is 4.79 Å². The molecule has 2 N–H and O–H groups in total. The number of nitriles is 1. The first-order valence-electron chi connectivity index (χ1n) is 5.77. The topological polar surface area (TPSA) is 64.9 Å². The fourth-order valence-electron chi connectivity index (χ4n) is 1.32. The molecule has 0 atom stereocenters. The van der Waals surface area contributed by atoms with Gasteiger partial charge in [-0.2, -0.15) is 5.26 Å². The second-order valence-electron chi connectivity index (χ2n) is 3.77. The standard InChI is InChI=1S/C13H17N3O/c1-2-3-8-15-13(17)16-10-12-6-4-11(9-14)5-7-12/h4-7H,2-3,8,10H2,1H3,(H2,15,16,17). The third-order valence-corrected chi connectivity index (χ3v) is 2.35. The van der Waals surface area contributed by atoms with Crippen LogP contribution in [0.4, 0.5) is 4.79 Å². The average molecular weight is 231 g/mol. The Morgan fingerprint density at radius 2 is 2.00 bits per heavy atom. The van der Waals surface area contributed by atoms with Crippen LogP contribution in [0, 0.1) is 11.3 Å². The van der Waals surface area contributed by atoms with Crippen molar-refractivity contribution in [2.24, 2.45) is 0 Å². The van der Waals surface area contributed by atoms with Crippen molar-refractivity contribution in [1.29, 1.82) is 5.26 Å². The number of hydrogen-bond donors (Lipinski definition) is 2. The monoisotopic (exact) mass is 231 g/mol. The van der Waals surface area contributed by atoms with Crippen molar-refractivity contribution in [3.8, 4) is 6.07 Å². The molecular formula is C13H17N3O. The first-order chi connectivity index (χ1) is 8.26. The van der Waals surface area contributed by atoms with Gasteiger partial charge in [0, 0.05) is 13.1 Å². The van der Waals surface area contributed by atoms with E-state index in [2.05, 4.69) is 23.6 Å². The van der Waals surface area contributed by atoms with E-state index in [1.54, 1.807) is 12.1 Å². The van der Waals surface area contributed by atoms with Crippen LogP contribution < -0.4 is 10.6 Å². The third-order valence-electron chi connectivity index (χ3n) is 2.35. The second kappa shape index (κ2) is 7.29. The molecule has 0 aliphatic heterocycles. The van der Waals surface area contributed by atoms with Crippen LogP contribution >= 0.6 is 0 Å². The first-order valence-corrected chi connectivity index (χ1v) is 5.77. The molecule has 1 aromatic carbocycles. The molecule has 0 saturated heterocycles. The Morgan fingerprint density at radius 1 is 1.29 bits per heavy atom. The molecule has 0 aliphatic rings. The molecule has 0 unspecified atom stereocenters. The Hall–Kier alpha value is -2.02. The normalized spacial score (nSPS) is 9.41. The molecule has 4 heteroatoms. The number of nitrogens with one attached hydrogen (secondary N) is 2. The van der Waals surface area contributed by atoms with E-state index in [0.717, 1.165) is 18.4 Å². The Morgan fingerprint density at radius 3 is 2.59 bits per heavy atom. The van der Waals surface area contributed by atoms with Crippen molar-refractivity contribution < 1.29 is 4.79 Å². The Kier molecular flexibility index (Phi) is 5.59. The average Bonchev–Trinajstić information content (AvgIpc) is 2.37. The smallest absolute Gasteiger partial charge is 0.315 e. The van der Waals surface area contributed by atoms with Crippen LogP contribution in [0.5, 0.6) is 0 Å². The summed E-state index contributed by atoms with van der Waals surface area (Å²) in [6.07, 6.45) is 2.06. The van der Waals surface area contributed by atoms with Gasteiger partial charge in [-0.3, -0.25) is 0 Å². The third kappa shape index (κ3) is 5.03. The zero-order valence-electron chi connectivity index (χ0n) is 9.99. The highest BCUT2D eigenvalue weighted by atomic mass is 16.2. The summed E-state index contributed by atoms with van der Waals surface area (Å²) in [6, 6.07) is 9.06. The van der Waals surface area contributed by atoms with Gasteiger partial charge in [0.25, 0.3) is 0 Å². The minimum atomic E-state index is -0.150. The van der Waals surface area contributed by atoms with Crippen molar-refractivity contribution in [2.75, 3.05) is 6.54 Å². The summed E-state index contributed by atoms with van der Waals surface area (Å²) >= 11 is 0. The maximum absolute atomic E-state index is 11.3. The minimum absolute atomic E-state index is 0.150. The molecule has 1 rings (SSSR count). The molecular weight excluding hydrogens is 214 g/mol. The maximum Gasteiger partial charge on any atom is 0.315 e. The van der Waals surface area contributed by atoms with Gasteiger partial charge in [0.15, 0.2) is 0 Å². The zero-order valence-corrected chi connectivity index (χ0v) is 9.99. The molecule has 0 aromatic heterocycles. The van der Waals surface area contributed by atoms with Crippen molar-refractivity contribution in [3.05, 3.63) is 35.4 Å². The molecule has 0 fully saturated rings. The minimum Gasteiger partial charge on any atom is -0.338 e. The number of amides is 2. The van der Waals surface area contributed by atoms with Crippen LogP contribution in [-0.4, -0.2) is 12.6 Å². The van der Waals surface area contributed by atoms with E-state index in [1.165, 1.54) is 0 Å². The van der Waals surface area contributed by atoms with Gasteiger partial charge in [-0.05, 0) is 24.1 Å². The summed E-state index contributed by atoms with van der Waals surface area (Å²) in [5, 5.41) is 14.2. The number of rotatable bonds is 5. The van der Waals surface area contributed by atoms with Gasteiger partial charge in [0.1, 0.15) is 0 Å². The lowest BCUT2D eigenvalue weighted by molar-refractivity contribution is 0.240. The lowest BCUT2D eigenvalue weighted by Gasteiger charge is -2.07. The fraction of sp³-hybridized carbons (Fsp3) is 0.385.